The minimum absolute atomic E-state index is 0.296. The summed E-state index contributed by atoms with van der Waals surface area (Å²) in [5.41, 5.74) is 0.334. The molecule has 1 aliphatic rings. The van der Waals surface area contributed by atoms with Crippen molar-refractivity contribution < 1.29 is 14.4 Å². The molecular formula is C26H24N4O3S. The van der Waals surface area contributed by atoms with E-state index in [9.17, 15) is 14.4 Å². The van der Waals surface area contributed by atoms with Crippen molar-refractivity contribution in [2.45, 2.75) is 25.4 Å². The summed E-state index contributed by atoms with van der Waals surface area (Å²) in [4.78, 5) is 46.6. The van der Waals surface area contributed by atoms with E-state index < -0.39 is 17.5 Å². The van der Waals surface area contributed by atoms with Crippen LogP contribution >= 0.6 is 11.3 Å². The highest BCUT2D eigenvalue weighted by Crippen LogP contribution is 2.34. The Balaban J connectivity index is 1.37. The number of thiazole rings is 1. The van der Waals surface area contributed by atoms with Crippen molar-refractivity contribution in [3.05, 3.63) is 77.3 Å². The van der Waals surface area contributed by atoms with Crippen molar-refractivity contribution in [1.82, 2.24) is 20.1 Å². The first-order valence-electron chi connectivity index (χ1n) is 11.0. The molecule has 0 saturated carbocycles. The Morgan fingerprint density at radius 3 is 2.59 bits per heavy atom. The lowest BCUT2D eigenvalue weighted by Crippen LogP contribution is -2.44. The average Bonchev–Trinajstić information content (AvgIpc) is 3.37. The maximum absolute atomic E-state index is 13.5. The highest BCUT2D eigenvalue weighted by Gasteiger charge is 2.50. The van der Waals surface area contributed by atoms with Gasteiger partial charge in [-0.05, 0) is 42.3 Å². The summed E-state index contributed by atoms with van der Waals surface area (Å²) in [6, 6.07) is 20.3. The first-order valence-corrected chi connectivity index (χ1v) is 11.8. The maximum Gasteiger partial charge on any atom is 0.325 e. The molecule has 172 valence electrons. The molecule has 5 rings (SSSR count). The van der Waals surface area contributed by atoms with Crippen molar-refractivity contribution in [3.8, 4) is 0 Å². The minimum atomic E-state index is -1.25. The second-order valence-electron chi connectivity index (χ2n) is 8.67. The van der Waals surface area contributed by atoms with Crippen molar-refractivity contribution in [1.29, 1.82) is 0 Å². The molecule has 0 aliphatic carbocycles. The molecule has 0 radical (unpaired) electrons. The number of urea groups is 1. The van der Waals surface area contributed by atoms with E-state index in [-0.39, 0.29) is 18.5 Å². The number of hydrogen-bond acceptors (Lipinski definition) is 5. The third-order valence-corrected chi connectivity index (χ3v) is 7.75. The van der Waals surface area contributed by atoms with Gasteiger partial charge in [-0.2, -0.15) is 0 Å². The Morgan fingerprint density at radius 1 is 1.09 bits per heavy atom. The van der Waals surface area contributed by atoms with Gasteiger partial charge in [0.1, 0.15) is 17.1 Å². The van der Waals surface area contributed by atoms with Gasteiger partial charge in [-0.1, -0.05) is 54.6 Å². The molecule has 0 unspecified atom stereocenters. The first-order chi connectivity index (χ1) is 16.3. The molecule has 4 aromatic rings. The van der Waals surface area contributed by atoms with Crippen molar-refractivity contribution in [2.24, 2.45) is 0 Å². The highest BCUT2D eigenvalue weighted by atomic mass is 32.1. The monoisotopic (exact) mass is 472 g/mol. The molecule has 3 aromatic carbocycles. The number of carbonyl (C=O) groups is 3. The van der Waals surface area contributed by atoms with Crippen LogP contribution in [0.5, 0.6) is 0 Å². The molecule has 7 nitrogen and oxygen atoms in total. The van der Waals surface area contributed by atoms with E-state index >= 15 is 0 Å². The normalized spacial score (nSPS) is 19.0. The van der Waals surface area contributed by atoms with Gasteiger partial charge in [-0.3, -0.25) is 14.5 Å². The molecule has 1 fully saturated rings. The summed E-state index contributed by atoms with van der Waals surface area (Å²) in [6.45, 7) is 3.24. The summed E-state index contributed by atoms with van der Waals surface area (Å²) >= 11 is 1.53. The molecule has 1 saturated heterocycles. The van der Waals surface area contributed by atoms with E-state index in [0.29, 0.717) is 5.56 Å². The van der Waals surface area contributed by atoms with Crippen LogP contribution in [-0.2, 0) is 15.1 Å². The highest BCUT2D eigenvalue weighted by molar-refractivity contribution is 7.18. The zero-order valence-corrected chi connectivity index (χ0v) is 19.9. The number of hydrogen-bond donors (Lipinski definition) is 1. The lowest BCUT2D eigenvalue weighted by Gasteiger charge is -2.26. The molecule has 2 heterocycles. The standard InChI is InChI=1S/C26H24N4O3S/c1-16(23-27-20-13-6-7-14-21(20)34-23)29(3)22(31)15-30-24(32)26(2,28-25(30)33)19-12-8-10-17-9-4-5-11-18(17)19/h4-14,16H,15H2,1-3H3,(H,28,33)/t16-,26+/m0/s1. The number of rotatable bonds is 5. The van der Waals surface area contributed by atoms with Gasteiger partial charge in [0.05, 0.1) is 16.3 Å². The molecule has 8 heteroatoms. The van der Waals surface area contributed by atoms with Crippen LogP contribution in [-0.4, -0.2) is 46.2 Å². The van der Waals surface area contributed by atoms with Crippen LogP contribution in [0.15, 0.2) is 66.7 Å². The minimum Gasteiger partial charge on any atom is -0.335 e. The first kappa shape index (κ1) is 22.0. The van der Waals surface area contributed by atoms with Crippen LogP contribution in [0.4, 0.5) is 4.79 Å². The molecule has 0 spiro atoms. The third-order valence-electron chi connectivity index (χ3n) is 6.54. The summed E-state index contributed by atoms with van der Waals surface area (Å²) in [7, 11) is 1.67. The quantitative estimate of drug-likeness (QED) is 0.436. The summed E-state index contributed by atoms with van der Waals surface area (Å²) in [5, 5.41) is 5.48. The van der Waals surface area contributed by atoms with Crippen molar-refractivity contribution in [2.75, 3.05) is 13.6 Å². The van der Waals surface area contributed by atoms with Gasteiger partial charge in [0.15, 0.2) is 0 Å². The molecule has 4 amide bonds. The second-order valence-corrected chi connectivity index (χ2v) is 9.74. The number of amides is 4. The molecule has 1 aliphatic heterocycles. The van der Waals surface area contributed by atoms with E-state index in [4.69, 9.17) is 0 Å². The van der Waals surface area contributed by atoms with Gasteiger partial charge >= 0.3 is 6.03 Å². The van der Waals surface area contributed by atoms with E-state index in [1.54, 1.807) is 14.0 Å². The molecule has 0 bridgehead atoms. The summed E-state index contributed by atoms with van der Waals surface area (Å²) < 4.78 is 1.05. The van der Waals surface area contributed by atoms with Gasteiger partial charge in [0.25, 0.3) is 5.91 Å². The number of likely N-dealkylation sites (N-methyl/N-ethyl adjacent to an activating group) is 1. The smallest absolute Gasteiger partial charge is 0.325 e. The summed E-state index contributed by atoms with van der Waals surface area (Å²) in [5.74, 6) is -0.777. The van der Waals surface area contributed by atoms with Gasteiger partial charge in [-0.25, -0.2) is 9.78 Å². The molecule has 1 N–H and O–H groups in total. The Labute approximate surface area is 201 Å². The number of nitrogens with one attached hydrogen (secondary N) is 1. The van der Waals surface area contributed by atoms with Crippen LogP contribution in [0.2, 0.25) is 0 Å². The molecule has 34 heavy (non-hydrogen) atoms. The Hall–Kier alpha value is -3.78. The van der Waals surface area contributed by atoms with Gasteiger partial charge in [0, 0.05) is 7.05 Å². The Morgan fingerprint density at radius 2 is 1.79 bits per heavy atom. The fourth-order valence-electron chi connectivity index (χ4n) is 4.38. The summed E-state index contributed by atoms with van der Waals surface area (Å²) in [6.07, 6.45) is 0. The van der Waals surface area contributed by atoms with Gasteiger partial charge < -0.3 is 10.2 Å². The largest absolute Gasteiger partial charge is 0.335 e. The molecule has 2 atom stereocenters. The van der Waals surface area contributed by atoms with Crippen LogP contribution in [0.3, 0.4) is 0 Å². The SMILES string of the molecule is C[C@@H](c1nc2ccccc2s1)N(C)C(=O)CN1C(=O)N[C@](C)(c2cccc3ccccc23)C1=O. The van der Waals surface area contributed by atoms with Crippen LogP contribution in [0.1, 0.15) is 30.5 Å². The molecule has 1 aromatic heterocycles. The predicted octanol–water partition coefficient (Wildman–Crippen LogP) is 4.44. The number of imide groups is 1. The number of nitrogens with zero attached hydrogens (tertiary/aromatic N) is 3. The second kappa shape index (κ2) is 8.22. The molecular weight excluding hydrogens is 448 g/mol. The van der Waals surface area contributed by atoms with Crippen molar-refractivity contribution in [3.63, 3.8) is 0 Å². The lowest BCUT2D eigenvalue weighted by atomic mass is 9.88. The topological polar surface area (TPSA) is 82.6 Å². The van der Waals surface area contributed by atoms with Crippen molar-refractivity contribution >= 4 is 50.2 Å². The Kier molecular flexibility index (Phi) is 5.32. The average molecular weight is 473 g/mol. The number of carbonyl (C=O) groups excluding carboxylic acids is 3. The number of fused-ring (bicyclic) bond motifs is 2. The van der Waals surface area contributed by atoms with Crippen LogP contribution in [0, 0.1) is 0 Å². The third kappa shape index (κ3) is 3.51. The van der Waals surface area contributed by atoms with Crippen LogP contribution < -0.4 is 5.32 Å². The fourth-order valence-corrected chi connectivity index (χ4v) is 5.44. The van der Waals surface area contributed by atoms with E-state index in [2.05, 4.69) is 10.3 Å². The maximum atomic E-state index is 13.5. The lowest BCUT2D eigenvalue weighted by molar-refractivity contribution is -0.139. The van der Waals surface area contributed by atoms with E-state index in [1.165, 1.54) is 16.2 Å². The fraction of sp³-hybridized carbons (Fsp3) is 0.231. The number of benzene rings is 3. The zero-order valence-electron chi connectivity index (χ0n) is 19.1. The van der Waals surface area contributed by atoms with Gasteiger partial charge in [-0.15, -0.1) is 11.3 Å². The predicted molar refractivity (Wildman–Crippen MR) is 132 cm³/mol. The number of aromatic nitrogens is 1. The zero-order chi connectivity index (χ0) is 24.0. The number of para-hydroxylation sites is 1. The van der Waals surface area contributed by atoms with Gasteiger partial charge in [0.2, 0.25) is 5.91 Å². The van der Waals surface area contributed by atoms with E-state index in [0.717, 1.165) is 30.9 Å². The van der Waals surface area contributed by atoms with E-state index in [1.807, 2.05) is 73.7 Å². The Bertz CT molecular complexity index is 1410. The van der Waals surface area contributed by atoms with Crippen LogP contribution in [0.25, 0.3) is 21.0 Å².